The van der Waals surface area contributed by atoms with E-state index >= 15 is 0 Å². The Morgan fingerprint density at radius 3 is 2.47 bits per heavy atom. The van der Waals surface area contributed by atoms with Gasteiger partial charge in [0, 0.05) is 10.0 Å². The quantitative estimate of drug-likeness (QED) is 0.931. The van der Waals surface area contributed by atoms with E-state index in [1.807, 2.05) is 0 Å². The van der Waals surface area contributed by atoms with E-state index in [-0.39, 0.29) is 11.6 Å². The summed E-state index contributed by atoms with van der Waals surface area (Å²) in [5.74, 6) is 0.560. The monoisotopic (exact) mass is 296 g/mol. The average molecular weight is 297 g/mol. The molecule has 88 valence electrons. The second kappa shape index (κ2) is 5.19. The summed E-state index contributed by atoms with van der Waals surface area (Å²) in [7, 11) is 0. The van der Waals surface area contributed by atoms with Gasteiger partial charge < -0.3 is 9.84 Å². The van der Waals surface area contributed by atoms with Crippen LogP contribution in [0.15, 0.2) is 46.9 Å². The zero-order valence-electron chi connectivity index (χ0n) is 8.86. The van der Waals surface area contributed by atoms with Crippen LogP contribution in [0.5, 0.6) is 11.5 Å². The molecule has 0 atom stereocenters. The largest absolute Gasteiger partial charge is 0.508 e. The van der Waals surface area contributed by atoms with Crippen molar-refractivity contribution in [3.05, 3.63) is 58.3 Å². The smallest absolute Gasteiger partial charge is 0.124 e. The number of hydrogen-bond acceptors (Lipinski definition) is 2. The predicted octanol–water partition coefficient (Wildman–Crippen LogP) is 3.87. The van der Waals surface area contributed by atoms with Crippen LogP contribution in [-0.4, -0.2) is 5.11 Å². The summed E-state index contributed by atoms with van der Waals surface area (Å²) in [5.41, 5.74) is 0.861. The number of aromatic hydroxyl groups is 1. The molecule has 1 N–H and O–H groups in total. The number of phenols is 1. The SMILES string of the molecule is Oc1ccc(OCc2ccc(F)cc2Br)cc1. The highest BCUT2D eigenvalue weighted by Crippen LogP contribution is 2.21. The van der Waals surface area contributed by atoms with Gasteiger partial charge in [-0.2, -0.15) is 0 Å². The molecule has 0 fully saturated rings. The number of benzene rings is 2. The van der Waals surface area contributed by atoms with Crippen LogP contribution in [0.2, 0.25) is 0 Å². The van der Waals surface area contributed by atoms with Gasteiger partial charge in [-0.3, -0.25) is 0 Å². The van der Waals surface area contributed by atoms with Gasteiger partial charge in [0.15, 0.2) is 0 Å². The summed E-state index contributed by atoms with van der Waals surface area (Å²) in [5, 5.41) is 9.11. The fraction of sp³-hybridized carbons (Fsp3) is 0.0769. The van der Waals surface area contributed by atoms with Crippen LogP contribution in [0.3, 0.4) is 0 Å². The summed E-state index contributed by atoms with van der Waals surface area (Å²) < 4.78 is 19.0. The Bertz CT molecular complexity index is 511. The van der Waals surface area contributed by atoms with E-state index in [9.17, 15) is 4.39 Å². The van der Waals surface area contributed by atoms with Crippen LogP contribution in [0, 0.1) is 5.82 Å². The first-order valence-corrected chi connectivity index (χ1v) is 5.80. The molecule has 2 rings (SSSR count). The van der Waals surface area contributed by atoms with E-state index in [0.29, 0.717) is 16.8 Å². The van der Waals surface area contributed by atoms with Crippen molar-refractivity contribution >= 4 is 15.9 Å². The maximum absolute atomic E-state index is 12.9. The predicted molar refractivity (Wildman–Crippen MR) is 66.5 cm³/mol. The minimum Gasteiger partial charge on any atom is -0.508 e. The van der Waals surface area contributed by atoms with Gasteiger partial charge in [0.25, 0.3) is 0 Å². The molecule has 0 unspecified atom stereocenters. The van der Waals surface area contributed by atoms with Crippen LogP contribution in [0.4, 0.5) is 4.39 Å². The Kier molecular flexibility index (Phi) is 3.64. The average Bonchev–Trinajstić information content (AvgIpc) is 2.30. The van der Waals surface area contributed by atoms with E-state index in [1.54, 1.807) is 30.3 Å². The third kappa shape index (κ3) is 3.20. The Balaban J connectivity index is 2.04. The van der Waals surface area contributed by atoms with Gasteiger partial charge in [-0.1, -0.05) is 22.0 Å². The second-order valence-corrected chi connectivity index (χ2v) is 4.37. The zero-order valence-corrected chi connectivity index (χ0v) is 10.4. The molecule has 2 aromatic carbocycles. The van der Waals surface area contributed by atoms with Crippen molar-refractivity contribution in [1.82, 2.24) is 0 Å². The summed E-state index contributed by atoms with van der Waals surface area (Å²) >= 11 is 3.27. The molecule has 0 saturated heterocycles. The van der Waals surface area contributed by atoms with Crippen molar-refractivity contribution in [3.63, 3.8) is 0 Å². The number of phenolic OH excluding ortho intramolecular Hbond substituents is 1. The van der Waals surface area contributed by atoms with Gasteiger partial charge in [0.1, 0.15) is 23.9 Å². The lowest BCUT2D eigenvalue weighted by atomic mass is 10.2. The molecule has 2 nitrogen and oxygen atoms in total. The molecular weight excluding hydrogens is 287 g/mol. The fourth-order valence-corrected chi connectivity index (χ4v) is 1.81. The van der Waals surface area contributed by atoms with Crippen LogP contribution in [-0.2, 0) is 6.61 Å². The molecule has 0 aliphatic rings. The first-order chi connectivity index (χ1) is 8.15. The fourth-order valence-electron chi connectivity index (χ4n) is 1.34. The van der Waals surface area contributed by atoms with Gasteiger partial charge >= 0.3 is 0 Å². The highest BCUT2D eigenvalue weighted by molar-refractivity contribution is 9.10. The summed E-state index contributed by atoms with van der Waals surface area (Å²) in [6, 6.07) is 10.9. The molecule has 0 heterocycles. The first kappa shape index (κ1) is 11.9. The molecular formula is C13H10BrFO2. The van der Waals surface area contributed by atoms with Crippen LogP contribution in [0.25, 0.3) is 0 Å². The minimum absolute atomic E-state index is 0.195. The molecule has 0 spiro atoms. The normalized spacial score (nSPS) is 10.2. The van der Waals surface area contributed by atoms with E-state index in [4.69, 9.17) is 9.84 Å². The van der Waals surface area contributed by atoms with Gasteiger partial charge in [0.05, 0.1) is 0 Å². The van der Waals surface area contributed by atoms with Gasteiger partial charge in [0.2, 0.25) is 0 Å². The molecule has 2 aromatic rings. The van der Waals surface area contributed by atoms with Crippen LogP contribution >= 0.6 is 15.9 Å². The molecule has 4 heteroatoms. The lowest BCUT2D eigenvalue weighted by Gasteiger charge is -2.08. The van der Waals surface area contributed by atoms with Gasteiger partial charge in [-0.05, 0) is 36.4 Å². The Morgan fingerprint density at radius 1 is 1.12 bits per heavy atom. The second-order valence-electron chi connectivity index (χ2n) is 3.52. The highest BCUT2D eigenvalue weighted by atomic mass is 79.9. The van der Waals surface area contributed by atoms with Crippen molar-refractivity contribution in [1.29, 1.82) is 0 Å². The van der Waals surface area contributed by atoms with E-state index in [1.165, 1.54) is 12.1 Å². The van der Waals surface area contributed by atoms with Crippen molar-refractivity contribution in [2.24, 2.45) is 0 Å². The number of ether oxygens (including phenoxy) is 1. The third-order valence-electron chi connectivity index (χ3n) is 2.25. The van der Waals surface area contributed by atoms with Crippen molar-refractivity contribution in [2.75, 3.05) is 0 Å². The summed E-state index contributed by atoms with van der Waals surface area (Å²) in [6.07, 6.45) is 0. The maximum atomic E-state index is 12.9. The molecule has 0 radical (unpaired) electrons. The summed E-state index contributed by atoms with van der Waals surface area (Å²) in [6.45, 7) is 0.339. The molecule has 0 aliphatic heterocycles. The number of hydrogen-bond donors (Lipinski definition) is 1. The Labute approximate surface area is 107 Å². The number of halogens is 2. The van der Waals surface area contributed by atoms with Crippen molar-refractivity contribution in [3.8, 4) is 11.5 Å². The highest BCUT2D eigenvalue weighted by Gasteiger charge is 2.02. The zero-order chi connectivity index (χ0) is 12.3. The van der Waals surface area contributed by atoms with Gasteiger partial charge in [-0.15, -0.1) is 0 Å². The third-order valence-corrected chi connectivity index (χ3v) is 2.98. The van der Waals surface area contributed by atoms with Crippen molar-refractivity contribution in [2.45, 2.75) is 6.61 Å². The van der Waals surface area contributed by atoms with Gasteiger partial charge in [-0.25, -0.2) is 4.39 Å². The molecule has 0 bridgehead atoms. The minimum atomic E-state index is -0.287. The standard InChI is InChI=1S/C13H10BrFO2/c14-13-7-10(15)2-1-9(13)8-17-12-5-3-11(16)4-6-12/h1-7,16H,8H2. The Morgan fingerprint density at radius 2 is 1.82 bits per heavy atom. The lowest BCUT2D eigenvalue weighted by Crippen LogP contribution is -1.96. The first-order valence-electron chi connectivity index (χ1n) is 5.01. The van der Waals surface area contributed by atoms with E-state index in [0.717, 1.165) is 5.56 Å². The van der Waals surface area contributed by atoms with Crippen LogP contribution < -0.4 is 4.74 Å². The molecule has 0 aromatic heterocycles. The number of rotatable bonds is 3. The molecule has 0 amide bonds. The topological polar surface area (TPSA) is 29.5 Å². The van der Waals surface area contributed by atoms with E-state index in [2.05, 4.69) is 15.9 Å². The summed E-state index contributed by atoms with van der Waals surface area (Å²) in [4.78, 5) is 0. The molecule has 0 saturated carbocycles. The lowest BCUT2D eigenvalue weighted by molar-refractivity contribution is 0.304. The van der Waals surface area contributed by atoms with E-state index < -0.39 is 0 Å². The van der Waals surface area contributed by atoms with Crippen LogP contribution in [0.1, 0.15) is 5.56 Å². The maximum Gasteiger partial charge on any atom is 0.124 e. The molecule has 0 aliphatic carbocycles. The molecule has 17 heavy (non-hydrogen) atoms. The Hall–Kier alpha value is -1.55. The van der Waals surface area contributed by atoms with Crippen molar-refractivity contribution < 1.29 is 14.2 Å².